The van der Waals surface area contributed by atoms with Crippen molar-refractivity contribution in [3.8, 4) is 0 Å². The van der Waals surface area contributed by atoms with Gasteiger partial charge in [0, 0.05) is 18.2 Å². The lowest BCUT2D eigenvalue weighted by molar-refractivity contribution is 0.408. The van der Waals surface area contributed by atoms with Crippen molar-refractivity contribution in [2.45, 2.75) is 32.7 Å². The molecular formula is C11H16ClFN2. The van der Waals surface area contributed by atoms with Crippen LogP contribution in [0.2, 0.25) is 5.02 Å². The third kappa shape index (κ3) is 2.89. The molecule has 1 aromatic heterocycles. The summed E-state index contributed by atoms with van der Waals surface area (Å²) in [4.78, 5) is 4.03. The van der Waals surface area contributed by atoms with E-state index in [2.05, 4.69) is 4.98 Å². The van der Waals surface area contributed by atoms with Crippen LogP contribution in [0.5, 0.6) is 0 Å². The van der Waals surface area contributed by atoms with E-state index in [1.165, 1.54) is 12.3 Å². The van der Waals surface area contributed by atoms with Gasteiger partial charge in [0.25, 0.3) is 0 Å². The summed E-state index contributed by atoms with van der Waals surface area (Å²) < 4.78 is 13.6. The van der Waals surface area contributed by atoms with E-state index in [1.807, 2.05) is 20.8 Å². The van der Waals surface area contributed by atoms with E-state index in [9.17, 15) is 4.39 Å². The van der Waals surface area contributed by atoms with Crippen molar-refractivity contribution in [2.24, 2.45) is 11.7 Å². The predicted octanol–water partition coefficient (Wildman–Crippen LogP) is 2.96. The molecule has 0 aliphatic carbocycles. The molecule has 1 rings (SSSR count). The Balaban J connectivity index is 3.12. The first kappa shape index (κ1) is 12.4. The third-order valence-corrected chi connectivity index (χ3v) is 2.64. The van der Waals surface area contributed by atoms with Crippen LogP contribution in [0.25, 0.3) is 0 Å². The first-order chi connectivity index (χ1) is 6.93. The summed E-state index contributed by atoms with van der Waals surface area (Å²) in [6.07, 6.45) is 1.46. The molecule has 2 nitrogen and oxygen atoms in total. The zero-order chi connectivity index (χ0) is 11.6. The van der Waals surface area contributed by atoms with Crippen molar-refractivity contribution in [1.29, 1.82) is 0 Å². The minimum atomic E-state index is -0.376. The molecule has 15 heavy (non-hydrogen) atoms. The first-order valence-corrected chi connectivity index (χ1v) is 5.37. The molecule has 0 aromatic carbocycles. The lowest BCUT2D eigenvalue weighted by atomic mass is 9.86. The van der Waals surface area contributed by atoms with Crippen LogP contribution in [0, 0.1) is 11.7 Å². The van der Waals surface area contributed by atoms with Gasteiger partial charge in [0.05, 0.1) is 10.7 Å². The maximum atomic E-state index is 13.6. The number of hydrogen-bond donors (Lipinski definition) is 1. The average Bonchev–Trinajstić information content (AvgIpc) is 2.08. The van der Waals surface area contributed by atoms with Gasteiger partial charge in [-0.05, 0) is 18.9 Å². The van der Waals surface area contributed by atoms with E-state index in [0.29, 0.717) is 10.7 Å². The molecule has 0 amide bonds. The second-order valence-electron chi connectivity index (χ2n) is 4.15. The monoisotopic (exact) mass is 230 g/mol. The Morgan fingerprint density at radius 2 is 2.00 bits per heavy atom. The molecule has 2 N–H and O–H groups in total. The third-order valence-electron chi connectivity index (χ3n) is 2.44. The van der Waals surface area contributed by atoms with Crippen molar-refractivity contribution in [3.05, 3.63) is 28.8 Å². The van der Waals surface area contributed by atoms with Crippen LogP contribution in [0.4, 0.5) is 4.39 Å². The quantitative estimate of drug-likeness (QED) is 0.867. The fourth-order valence-electron chi connectivity index (χ4n) is 1.84. The molecule has 1 heterocycles. The van der Waals surface area contributed by atoms with Crippen LogP contribution in [0.1, 0.15) is 32.4 Å². The van der Waals surface area contributed by atoms with Crippen molar-refractivity contribution in [1.82, 2.24) is 4.98 Å². The summed E-state index contributed by atoms with van der Waals surface area (Å²) in [5.41, 5.74) is 6.24. The van der Waals surface area contributed by atoms with Gasteiger partial charge in [0.1, 0.15) is 5.82 Å². The van der Waals surface area contributed by atoms with E-state index in [4.69, 9.17) is 17.3 Å². The summed E-state index contributed by atoms with van der Waals surface area (Å²) in [5.74, 6) is -0.214. The van der Waals surface area contributed by atoms with Gasteiger partial charge in [-0.3, -0.25) is 4.98 Å². The van der Waals surface area contributed by atoms with E-state index in [0.717, 1.165) is 0 Å². The first-order valence-electron chi connectivity index (χ1n) is 5.00. The van der Waals surface area contributed by atoms with Crippen LogP contribution >= 0.6 is 11.6 Å². The largest absolute Gasteiger partial charge is 0.327 e. The number of nitrogens with two attached hydrogens (primary N) is 1. The van der Waals surface area contributed by atoms with Gasteiger partial charge in [0.2, 0.25) is 0 Å². The van der Waals surface area contributed by atoms with Crippen LogP contribution in [0.15, 0.2) is 12.3 Å². The van der Waals surface area contributed by atoms with Crippen molar-refractivity contribution in [3.63, 3.8) is 0 Å². The molecular weight excluding hydrogens is 215 g/mol. The second-order valence-corrected chi connectivity index (χ2v) is 4.59. The van der Waals surface area contributed by atoms with Gasteiger partial charge < -0.3 is 5.73 Å². The van der Waals surface area contributed by atoms with Crippen LogP contribution in [-0.4, -0.2) is 11.0 Å². The number of halogens is 2. The minimum Gasteiger partial charge on any atom is -0.327 e. The zero-order valence-electron chi connectivity index (χ0n) is 9.17. The molecule has 2 unspecified atom stereocenters. The number of nitrogens with zero attached hydrogens (tertiary/aromatic N) is 1. The standard InChI is InChI=1S/C11H16ClFN2/c1-6(2)10(7(3)14)11-9(13)4-8(12)5-15-11/h4-7,10H,14H2,1-3H3. The Hall–Kier alpha value is -0.670. The van der Waals surface area contributed by atoms with E-state index in [1.54, 1.807) is 0 Å². The van der Waals surface area contributed by atoms with E-state index >= 15 is 0 Å². The molecule has 4 heteroatoms. The number of aromatic nitrogens is 1. The molecule has 2 atom stereocenters. The topological polar surface area (TPSA) is 38.9 Å². The van der Waals surface area contributed by atoms with Gasteiger partial charge >= 0.3 is 0 Å². The second kappa shape index (κ2) is 4.90. The molecule has 84 valence electrons. The average molecular weight is 231 g/mol. The van der Waals surface area contributed by atoms with Crippen molar-refractivity contribution in [2.75, 3.05) is 0 Å². The summed E-state index contributed by atoms with van der Waals surface area (Å²) in [6.45, 7) is 5.87. The molecule has 1 aromatic rings. The Kier molecular flexibility index (Phi) is 4.05. The molecule has 0 fully saturated rings. The zero-order valence-corrected chi connectivity index (χ0v) is 9.92. The smallest absolute Gasteiger partial charge is 0.146 e. The van der Waals surface area contributed by atoms with Gasteiger partial charge in [-0.1, -0.05) is 25.4 Å². The highest BCUT2D eigenvalue weighted by atomic mass is 35.5. The van der Waals surface area contributed by atoms with Gasteiger partial charge in [-0.15, -0.1) is 0 Å². The molecule has 0 saturated heterocycles. The summed E-state index contributed by atoms with van der Waals surface area (Å²) in [7, 11) is 0. The highest BCUT2D eigenvalue weighted by Crippen LogP contribution is 2.28. The highest BCUT2D eigenvalue weighted by molar-refractivity contribution is 6.30. The van der Waals surface area contributed by atoms with E-state index < -0.39 is 0 Å². The summed E-state index contributed by atoms with van der Waals surface area (Å²) in [5, 5.41) is 0.309. The number of hydrogen-bond acceptors (Lipinski definition) is 2. The number of rotatable bonds is 3. The maximum Gasteiger partial charge on any atom is 0.146 e. The molecule has 0 radical (unpaired) electrons. The molecule has 0 spiro atoms. The lowest BCUT2D eigenvalue weighted by Gasteiger charge is -2.24. The minimum absolute atomic E-state index is 0.0812. The summed E-state index contributed by atoms with van der Waals surface area (Å²) >= 11 is 5.65. The Bertz CT molecular complexity index is 331. The highest BCUT2D eigenvalue weighted by Gasteiger charge is 2.24. The fraction of sp³-hybridized carbons (Fsp3) is 0.545. The molecule has 0 aliphatic heterocycles. The maximum absolute atomic E-state index is 13.6. The normalized spacial score (nSPS) is 15.4. The Labute approximate surface area is 94.6 Å². The van der Waals surface area contributed by atoms with Gasteiger partial charge in [-0.2, -0.15) is 0 Å². The Morgan fingerprint density at radius 3 is 2.40 bits per heavy atom. The molecule has 0 aliphatic rings. The van der Waals surface area contributed by atoms with Gasteiger partial charge in [0.15, 0.2) is 0 Å². The predicted molar refractivity (Wildman–Crippen MR) is 60.4 cm³/mol. The fourth-order valence-corrected chi connectivity index (χ4v) is 1.99. The number of pyridine rings is 1. The Morgan fingerprint density at radius 1 is 1.40 bits per heavy atom. The summed E-state index contributed by atoms with van der Waals surface area (Å²) in [6, 6.07) is 1.15. The van der Waals surface area contributed by atoms with Crippen LogP contribution in [-0.2, 0) is 0 Å². The van der Waals surface area contributed by atoms with Crippen molar-refractivity contribution >= 4 is 11.6 Å². The van der Waals surface area contributed by atoms with Gasteiger partial charge in [-0.25, -0.2) is 4.39 Å². The SMILES string of the molecule is CC(C)C(c1ncc(Cl)cc1F)C(C)N. The molecule has 0 saturated carbocycles. The van der Waals surface area contributed by atoms with Crippen LogP contribution < -0.4 is 5.73 Å². The van der Waals surface area contributed by atoms with Crippen LogP contribution in [0.3, 0.4) is 0 Å². The molecule has 0 bridgehead atoms. The van der Waals surface area contributed by atoms with Crippen molar-refractivity contribution < 1.29 is 4.39 Å². The lowest BCUT2D eigenvalue weighted by Crippen LogP contribution is -2.30. The van der Waals surface area contributed by atoms with E-state index in [-0.39, 0.29) is 23.7 Å².